The number of carbonyl (C=O) groups is 2. The first kappa shape index (κ1) is 17.1. The Hall–Kier alpha value is -2.76. The molecule has 1 heterocycles. The van der Waals surface area contributed by atoms with E-state index in [1.807, 2.05) is 24.3 Å². The maximum absolute atomic E-state index is 12.6. The zero-order chi connectivity index (χ0) is 18.2. The van der Waals surface area contributed by atoms with Crippen LogP contribution in [0.15, 0.2) is 36.4 Å². The Morgan fingerprint density at radius 2 is 1.92 bits per heavy atom. The van der Waals surface area contributed by atoms with Gasteiger partial charge in [-0.2, -0.15) is 0 Å². The topological polar surface area (TPSA) is 70.1 Å². The van der Waals surface area contributed by atoms with Gasteiger partial charge in [-0.1, -0.05) is 18.2 Å². The smallest absolute Gasteiger partial charge is 0.410 e. The van der Waals surface area contributed by atoms with Crippen LogP contribution in [0.1, 0.15) is 20.8 Å². The van der Waals surface area contributed by atoms with E-state index in [2.05, 4.69) is 0 Å². The van der Waals surface area contributed by atoms with Crippen molar-refractivity contribution in [2.45, 2.75) is 26.4 Å². The summed E-state index contributed by atoms with van der Waals surface area (Å²) in [5.74, 6) is -0.0206. The molecule has 2 amide bonds. The second-order valence-corrected chi connectivity index (χ2v) is 7.13. The lowest BCUT2D eigenvalue weighted by Crippen LogP contribution is -2.53. The summed E-state index contributed by atoms with van der Waals surface area (Å²) < 4.78 is 5.34. The van der Waals surface area contributed by atoms with Crippen LogP contribution >= 0.6 is 0 Å². The molecule has 1 saturated heterocycles. The van der Waals surface area contributed by atoms with Crippen molar-refractivity contribution < 1.29 is 19.4 Å². The molecular weight excluding hydrogens is 320 g/mol. The Morgan fingerprint density at radius 1 is 1.16 bits per heavy atom. The highest BCUT2D eigenvalue weighted by molar-refractivity contribution is 6.05. The number of fused-ring (bicyclic) bond motifs is 1. The number of amides is 2. The molecule has 1 fully saturated rings. The Bertz CT molecular complexity index is 826. The lowest BCUT2D eigenvalue weighted by molar-refractivity contribution is -0.121. The minimum Gasteiger partial charge on any atom is -0.508 e. The molecule has 0 aliphatic carbocycles. The maximum Gasteiger partial charge on any atom is 0.410 e. The number of nitrogens with zero attached hydrogens (tertiary/aromatic N) is 2. The highest BCUT2D eigenvalue weighted by Gasteiger charge is 2.31. The normalized spacial score (nSPS) is 15.6. The van der Waals surface area contributed by atoms with Crippen LogP contribution in [-0.2, 0) is 9.53 Å². The molecule has 6 heteroatoms. The van der Waals surface area contributed by atoms with Crippen LogP contribution in [-0.4, -0.2) is 47.2 Å². The molecule has 0 bridgehead atoms. The molecule has 0 saturated carbocycles. The van der Waals surface area contributed by atoms with E-state index in [0.717, 1.165) is 16.5 Å². The van der Waals surface area contributed by atoms with Crippen molar-refractivity contribution in [1.29, 1.82) is 0 Å². The van der Waals surface area contributed by atoms with Crippen LogP contribution in [0.5, 0.6) is 5.75 Å². The van der Waals surface area contributed by atoms with E-state index in [1.54, 1.807) is 37.8 Å². The zero-order valence-corrected chi connectivity index (χ0v) is 14.7. The average Bonchev–Trinajstić information content (AvgIpc) is 2.53. The molecule has 0 spiro atoms. The summed E-state index contributed by atoms with van der Waals surface area (Å²) in [5.41, 5.74) is 0.145. The molecule has 25 heavy (non-hydrogen) atoms. The van der Waals surface area contributed by atoms with E-state index in [9.17, 15) is 14.7 Å². The van der Waals surface area contributed by atoms with E-state index in [1.165, 1.54) is 4.90 Å². The SMILES string of the molecule is CC(C)(C)OC(=O)N1CCN(c2cccc3ccc(O)cc23)C(=O)C1. The highest BCUT2D eigenvalue weighted by Crippen LogP contribution is 2.30. The van der Waals surface area contributed by atoms with Crippen molar-refractivity contribution >= 4 is 28.5 Å². The van der Waals surface area contributed by atoms with Gasteiger partial charge in [0.15, 0.2) is 0 Å². The lowest BCUT2D eigenvalue weighted by atomic mass is 10.1. The Balaban J connectivity index is 1.82. The summed E-state index contributed by atoms with van der Waals surface area (Å²) in [6.07, 6.45) is -0.476. The molecule has 1 aliphatic rings. The molecule has 0 radical (unpaired) electrons. The van der Waals surface area contributed by atoms with Gasteiger partial charge in [-0.15, -0.1) is 0 Å². The molecule has 0 unspecified atom stereocenters. The fourth-order valence-electron chi connectivity index (χ4n) is 2.89. The molecular formula is C19H22N2O4. The molecule has 6 nitrogen and oxygen atoms in total. The van der Waals surface area contributed by atoms with Crippen molar-refractivity contribution in [2.24, 2.45) is 0 Å². The number of rotatable bonds is 1. The first-order valence-electron chi connectivity index (χ1n) is 8.25. The van der Waals surface area contributed by atoms with Crippen molar-refractivity contribution in [3.8, 4) is 5.75 Å². The Kier molecular flexibility index (Phi) is 4.29. The largest absolute Gasteiger partial charge is 0.508 e. The van der Waals surface area contributed by atoms with Crippen LogP contribution in [0.3, 0.4) is 0 Å². The van der Waals surface area contributed by atoms with Gasteiger partial charge in [-0.25, -0.2) is 4.79 Å². The lowest BCUT2D eigenvalue weighted by Gasteiger charge is -2.35. The van der Waals surface area contributed by atoms with E-state index in [4.69, 9.17) is 4.74 Å². The van der Waals surface area contributed by atoms with Gasteiger partial charge >= 0.3 is 6.09 Å². The third-order valence-electron chi connectivity index (χ3n) is 4.01. The van der Waals surface area contributed by atoms with Crippen molar-refractivity contribution in [3.63, 3.8) is 0 Å². The van der Waals surface area contributed by atoms with Gasteiger partial charge in [0.1, 0.15) is 17.9 Å². The van der Waals surface area contributed by atoms with Crippen LogP contribution in [0, 0.1) is 0 Å². The highest BCUT2D eigenvalue weighted by atomic mass is 16.6. The average molecular weight is 342 g/mol. The van der Waals surface area contributed by atoms with Crippen LogP contribution in [0.4, 0.5) is 10.5 Å². The summed E-state index contributed by atoms with van der Waals surface area (Å²) in [6.45, 7) is 6.15. The van der Waals surface area contributed by atoms with Gasteiger partial charge < -0.3 is 14.7 Å². The molecule has 132 valence electrons. The number of phenolic OH excluding ortho intramolecular Hbond substituents is 1. The maximum atomic E-state index is 12.6. The summed E-state index contributed by atoms with van der Waals surface area (Å²) in [5, 5.41) is 11.5. The van der Waals surface area contributed by atoms with Gasteiger partial charge in [0.2, 0.25) is 5.91 Å². The minimum atomic E-state index is -0.593. The van der Waals surface area contributed by atoms with Crippen molar-refractivity contribution in [3.05, 3.63) is 36.4 Å². The summed E-state index contributed by atoms with van der Waals surface area (Å²) >= 11 is 0. The van der Waals surface area contributed by atoms with Crippen LogP contribution in [0.25, 0.3) is 10.8 Å². The van der Waals surface area contributed by atoms with E-state index in [0.29, 0.717) is 13.1 Å². The molecule has 0 aromatic heterocycles. The fraction of sp³-hybridized carbons (Fsp3) is 0.368. The van der Waals surface area contributed by atoms with Gasteiger partial charge in [0.25, 0.3) is 0 Å². The van der Waals surface area contributed by atoms with Crippen molar-refractivity contribution in [2.75, 3.05) is 24.5 Å². The van der Waals surface area contributed by atoms with Crippen LogP contribution in [0.2, 0.25) is 0 Å². The number of aromatic hydroxyl groups is 1. The molecule has 1 aliphatic heterocycles. The molecule has 2 aromatic rings. The number of anilines is 1. The summed E-state index contributed by atoms with van der Waals surface area (Å²) in [6, 6.07) is 10.7. The van der Waals surface area contributed by atoms with E-state index < -0.39 is 11.7 Å². The monoisotopic (exact) mass is 342 g/mol. The Morgan fingerprint density at radius 3 is 2.60 bits per heavy atom. The predicted octanol–water partition coefficient (Wildman–Crippen LogP) is 3.13. The Labute approximate surface area is 146 Å². The second kappa shape index (κ2) is 6.27. The fourth-order valence-corrected chi connectivity index (χ4v) is 2.89. The summed E-state index contributed by atoms with van der Waals surface area (Å²) in [7, 11) is 0. The number of hydrogen-bond acceptors (Lipinski definition) is 4. The first-order valence-corrected chi connectivity index (χ1v) is 8.25. The minimum absolute atomic E-state index is 0.0237. The first-order chi connectivity index (χ1) is 11.7. The van der Waals surface area contributed by atoms with Gasteiger partial charge in [-0.05, 0) is 44.4 Å². The summed E-state index contributed by atoms with van der Waals surface area (Å²) in [4.78, 5) is 27.9. The quantitative estimate of drug-likeness (QED) is 0.864. The van der Waals surface area contributed by atoms with E-state index >= 15 is 0 Å². The third-order valence-corrected chi connectivity index (χ3v) is 4.01. The number of benzene rings is 2. The standard InChI is InChI=1S/C19H22N2O4/c1-19(2,3)25-18(24)20-9-10-21(17(23)12-20)16-6-4-5-13-7-8-14(22)11-15(13)16/h4-8,11,22H,9-10,12H2,1-3H3. The molecule has 1 N–H and O–H groups in total. The third kappa shape index (κ3) is 3.68. The predicted molar refractivity (Wildman–Crippen MR) is 95.8 cm³/mol. The number of phenols is 1. The molecule has 0 atom stereocenters. The van der Waals surface area contributed by atoms with Crippen LogP contribution < -0.4 is 4.90 Å². The van der Waals surface area contributed by atoms with Gasteiger partial charge in [0, 0.05) is 18.5 Å². The number of hydrogen-bond donors (Lipinski definition) is 1. The number of piperazine rings is 1. The number of ether oxygens (including phenoxy) is 1. The molecule has 3 rings (SSSR count). The van der Waals surface area contributed by atoms with Gasteiger partial charge in [-0.3, -0.25) is 9.69 Å². The second-order valence-electron chi connectivity index (χ2n) is 7.13. The zero-order valence-electron chi connectivity index (χ0n) is 14.7. The number of carbonyl (C=O) groups excluding carboxylic acids is 2. The molecule has 2 aromatic carbocycles. The van der Waals surface area contributed by atoms with E-state index in [-0.39, 0.29) is 18.2 Å². The van der Waals surface area contributed by atoms with Gasteiger partial charge in [0.05, 0.1) is 5.69 Å². The van der Waals surface area contributed by atoms with Crippen molar-refractivity contribution in [1.82, 2.24) is 4.90 Å².